The van der Waals surface area contributed by atoms with E-state index in [-0.39, 0.29) is 12.0 Å². The second-order valence-corrected chi connectivity index (χ2v) is 8.73. The predicted molar refractivity (Wildman–Crippen MR) is 129 cm³/mol. The number of nitrogen functional groups attached to an aromatic ring is 1. The Hall–Kier alpha value is -3.43. The van der Waals surface area contributed by atoms with E-state index in [2.05, 4.69) is 4.90 Å². The molecule has 166 valence electrons. The summed E-state index contributed by atoms with van der Waals surface area (Å²) in [5.74, 6) is -0.126. The lowest BCUT2D eigenvalue weighted by molar-refractivity contribution is 0.0600. The van der Waals surface area contributed by atoms with E-state index in [1.165, 1.54) is 18.4 Å². The quantitative estimate of drug-likeness (QED) is 0.507. The summed E-state index contributed by atoms with van der Waals surface area (Å²) in [6.45, 7) is 1.64. The molecule has 0 unspecified atom stereocenters. The first-order valence-corrected chi connectivity index (χ1v) is 11.1. The minimum atomic E-state index is -0.565. The van der Waals surface area contributed by atoms with E-state index in [0.717, 1.165) is 42.9 Å². The number of piperidine rings is 1. The Bertz CT molecular complexity index is 1190. The second kappa shape index (κ2) is 8.97. The van der Waals surface area contributed by atoms with Gasteiger partial charge in [-0.25, -0.2) is 9.78 Å². The molecule has 3 aromatic rings. The maximum Gasteiger partial charge on any atom is 0.337 e. The zero-order chi connectivity index (χ0) is 22.8. The molecule has 1 fully saturated rings. The standard InChI is InChI=1S/C23H25N5O3S/c1-31-23(30)14-5-2-13(3-6-14)4-7-15-12-17(28-10-8-16(24)9-11-28)27-22-18(15)19(25)20(32-22)21(26)29/h2-7,12,16H,8-11,24-25H2,1H3,(H2,26,29). The lowest BCUT2D eigenvalue weighted by Gasteiger charge is -2.31. The zero-order valence-corrected chi connectivity index (χ0v) is 18.5. The Kier molecular flexibility index (Phi) is 6.11. The summed E-state index contributed by atoms with van der Waals surface area (Å²) < 4.78 is 4.74. The molecule has 0 radical (unpaired) electrons. The van der Waals surface area contributed by atoms with E-state index >= 15 is 0 Å². The first kappa shape index (κ1) is 21.8. The van der Waals surface area contributed by atoms with Crippen molar-refractivity contribution in [3.63, 3.8) is 0 Å². The summed E-state index contributed by atoms with van der Waals surface area (Å²) in [6.07, 6.45) is 5.66. The topological polar surface area (TPSA) is 138 Å². The molecule has 0 spiro atoms. The van der Waals surface area contributed by atoms with Gasteiger partial charge in [0.05, 0.1) is 18.4 Å². The Labute approximate surface area is 189 Å². The van der Waals surface area contributed by atoms with Crippen molar-refractivity contribution in [1.82, 2.24) is 4.98 Å². The molecule has 4 rings (SSSR count). The van der Waals surface area contributed by atoms with Gasteiger partial charge in [-0.05, 0) is 42.2 Å². The van der Waals surface area contributed by atoms with Gasteiger partial charge in [-0.3, -0.25) is 4.79 Å². The van der Waals surface area contributed by atoms with Gasteiger partial charge in [-0.1, -0.05) is 24.3 Å². The summed E-state index contributed by atoms with van der Waals surface area (Å²) in [6, 6.07) is 9.27. The largest absolute Gasteiger partial charge is 0.465 e. The third-order valence-electron chi connectivity index (χ3n) is 5.59. The number of hydrogen-bond donors (Lipinski definition) is 3. The number of methoxy groups -OCH3 is 1. The fourth-order valence-electron chi connectivity index (χ4n) is 3.78. The van der Waals surface area contributed by atoms with Gasteiger partial charge in [0.2, 0.25) is 0 Å². The third kappa shape index (κ3) is 4.30. The van der Waals surface area contributed by atoms with Crippen molar-refractivity contribution in [1.29, 1.82) is 0 Å². The first-order valence-electron chi connectivity index (χ1n) is 10.3. The van der Waals surface area contributed by atoms with E-state index in [0.29, 0.717) is 26.3 Å². The van der Waals surface area contributed by atoms with Gasteiger partial charge < -0.3 is 26.8 Å². The Morgan fingerprint density at radius 3 is 2.50 bits per heavy atom. The molecule has 1 aliphatic rings. The number of ether oxygens (including phenoxy) is 1. The number of carbonyl (C=O) groups excluding carboxylic acids is 2. The lowest BCUT2D eigenvalue weighted by Crippen LogP contribution is -2.40. The first-order chi connectivity index (χ1) is 15.4. The van der Waals surface area contributed by atoms with Crippen LogP contribution in [0, 0.1) is 0 Å². The van der Waals surface area contributed by atoms with Crippen LogP contribution < -0.4 is 22.1 Å². The average molecular weight is 452 g/mol. The minimum Gasteiger partial charge on any atom is -0.465 e. The van der Waals surface area contributed by atoms with Crippen molar-refractivity contribution in [3.8, 4) is 0 Å². The van der Waals surface area contributed by atoms with Crippen molar-refractivity contribution in [3.05, 3.63) is 51.9 Å². The summed E-state index contributed by atoms with van der Waals surface area (Å²) in [5.41, 5.74) is 20.4. The second-order valence-electron chi connectivity index (χ2n) is 7.73. The van der Waals surface area contributed by atoms with Crippen LogP contribution in [-0.2, 0) is 4.74 Å². The number of esters is 1. The van der Waals surface area contributed by atoms with E-state index in [1.54, 1.807) is 12.1 Å². The van der Waals surface area contributed by atoms with Gasteiger partial charge in [-0.15, -0.1) is 11.3 Å². The van der Waals surface area contributed by atoms with Gasteiger partial charge in [0, 0.05) is 24.5 Å². The average Bonchev–Trinajstić information content (AvgIpc) is 3.14. The predicted octanol–water partition coefficient (Wildman–Crippen LogP) is 2.86. The van der Waals surface area contributed by atoms with Crippen LogP contribution in [0.25, 0.3) is 22.4 Å². The fraction of sp³-hybridized carbons (Fsp3) is 0.261. The van der Waals surface area contributed by atoms with Crippen LogP contribution in [0.4, 0.5) is 11.5 Å². The number of aromatic nitrogens is 1. The number of fused-ring (bicyclic) bond motifs is 1. The van der Waals surface area contributed by atoms with Crippen molar-refractivity contribution in [2.45, 2.75) is 18.9 Å². The molecule has 3 heterocycles. The zero-order valence-electron chi connectivity index (χ0n) is 17.7. The van der Waals surface area contributed by atoms with E-state index in [9.17, 15) is 9.59 Å². The molecule has 0 aliphatic carbocycles. The molecule has 1 saturated heterocycles. The van der Waals surface area contributed by atoms with Gasteiger partial charge in [0.25, 0.3) is 5.91 Å². The van der Waals surface area contributed by atoms with Crippen LogP contribution in [-0.4, -0.2) is 43.1 Å². The molecule has 1 aliphatic heterocycles. The molecule has 6 N–H and O–H groups in total. The molecular formula is C23H25N5O3S. The Morgan fingerprint density at radius 1 is 1.19 bits per heavy atom. The van der Waals surface area contributed by atoms with Crippen LogP contribution >= 0.6 is 11.3 Å². The highest BCUT2D eigenvalue weighted by Gasteiger charge is 2.22. The van der Waals surface area contributed by atoms with Crippen molar-refractivity contribution >= 4 is 57.1 Å². The number of rotatable bonds is 5. The van der Waals surface area contributed by atoms with Gasteiger partial charge in [0.1, 0.15) is 15.5 Å². The highest BCUT2D eigenvalue weighted by Crippen LogP contribution is 2.37. The SMILES string of the molecule is COC(=O)c1ccc(C=Cc2cc(N3CCC(N)CC3)nc3sc(C(N)=O)c(N)c23)cc1. The summed E-state index contributed by atoms with van der Waals surface area (Å²) in [4.78, 5) is 31.5. The third-order valence-corrected chi connectivity index (χ3v) is 6.70. The molecular weight excluding hydrogens is 426 g/mol. The maximum absolute atomic E-state index is 11.9. The molecule has 8 nitrogen and oxygen atoms in total. The lowest BCUT2D eigenvalue weighted by atomic mass is 10.0. The molecule has 9 heteroatoms. The number of amides is 1. The number of nitrogens with two attached hydrogens (primary N) is 3. The summed E-state index contributed by atoms with van der Waals surface area (Å²) in [7, 11) is 1.35. The van der Waals surface area contributed by atoms with Gasteiger partial charge in [0.15, 0.2) is 0 Å². The molecule has 1 aromatic carbocycles. The van der Waals surface area contributed by atoms with E-state index < -0.39 is 5.91 Å². The van der Waals surface area contributed by atoms with Crippen molar-refractivity contribution < 1.29 is 14.3 Å². The number of primary amides is 1. The van der Waals surface area contributed by atoms with Crippen LogP contribution in [0.1, 0.15) is 44.0 Å². The highest BCUT2D eigenvalue weighted by atomic mass is 32.1. The van der Waals surface area contributed by atoms with Gasteiger partial charge >= 0.3 is 5.97 Å². The smallest absolute Gasteiger partial charge is 0.337 e. The Balaban J connectivity index is 1.74. The minimum absolute atomic E-state index is 0.209. The molecule has 32 heavy (non-hydrogen) atoms. The summed E-state index contributed by atoms with van der Waals surface area (Å²) in [5, 5.41) is 0.712. The number of thiophene rings is 1. The van der Waals surface area contributed by atoms with Crippen molar-refractivity contribution in [2.24, 2.45) is 11.5 Å². The number of anilines is 2. The van der Waals surface area contributed by atoms with Crippen LogP contribution in [0.5, 0.6) is 0 Å². The van der Waals surface area contributed by atoms with E-state index in [4.69, 9.17) is 26.9 Å². The van der Waals surface area contributed by atoms with E-state index in [1.807, 2.05) is 30.4 Å². The van der Waals surface area contributed by atoms with Crippen LogP contribution in [0.2, 0.25) is 0 Å². The van der Waals surface area contributed by atoms with Gasteiger partial charge in [-0.2, -0.15) is 0 Å². The van der Waals surface area contributed by atoms with Crippen molar-refractivity contribution in [2.75, 3.05) is 30.8 Å². The monoisotopic (exact) mass is 451 g/mol. The number of carbonyl (C=O) groups is 2. The maximum atomic E-state index is 11.9. The van der Waals surface area contributed by atoms with Crippen LogP contribution in [0.3, 0.4) is 0 Å². The molecule has 0 saturated carbocycles. The Morgan fingerprint density at radius 2 is 1.88 bits per heavy atom. The molecule has 0 atom stereocenters. The normalized spacial score (nSPS) is 14.9. The number of pyridine rings is 1. The molecule has 2 aromatic heterocycles. The molecule has 1 amide bonds. The number of nitrogens with zero attached hydrogens (tertiary/aromatic N) is 2. The number of benzene rings is 1. The number of hydrogen-bond acceptors (Lipinski definition) is 8. The van der Waals surface area contributed by atoms with Crippen LogP contribution in [0.15, 0.2) is 30.3 Å². The highest BCUT2D eigenvalue weighted by molar-refractivity contribution is 7.21. The molecule has 0 bridgehead atoms. The summed E-state index contributed by atoms with van der Waals surface area (Å²) >= 11 is 1.21. The fourth-order valence-corrected chi connectivity index (χ4v) is 4.75.